The first-order valence-corrected chi connectivity index (χ1v) is 11.0. The van der Waals surface area contributed by atoms with Crippen molar-refractivity contribution in [2.75, 3.05) is 0 Å². The summed E-state index contributed by atoms with van der Waals surface area (Å²) in [6.07, 6.45) is 2.87. The van der Waals surface area contributed by atoms with Crippen LogP contribution in [0.4, 0.5) is 0 Å². The van der Waals surface area contributed by atoms with Crippen molar-refractivity contribution in [3.63, 3.8) is 0 Å². The van der Waals surface area contributed by atoms with E-state index in [1.807, 2.05) is 29.9 Å². The molecule has 0 atom stereocenters. The number of nitriles is 1. The largest absolute Gasteiger partial charge is 0.239 e. The van der Waals surface area contributed by atoms with Gasteiger partial charge in [0, 0.05) is 11.8 Å². The minimum absolute atomic E-state index is 0.664. The van der Waals surface area contributed by atoms with Gasteiger partial charge >= 0.3 is 0 Å². The highest BCUT2D eigenvalue weighted by Crippen LogP contribution is 2.16. The van der Waals surface area contributed by atoms with Crippen LogP contribution in [-0.4, -0.2) is 17.9 Å². The predicted octanol–water partition coefficient (Wildman–Crippen LogP) is 3.84. The van der Waals surface area contributed by atoms with E-state index in [2.05, 4.69) is 55.3 Å². The average Bonchev–Trinajstić information content (AvgIpc) is 2.85. The molecule has 2 aromatic rings. The Morgan fingerprint density at radius 1 is 1.23 bits per heavy atom. The molecular formula is C18H21N3Si. The summed E-state index contributed by atoms with van der Waals surface area (Å²) >= 11 is 0. The number of hydrogen-bond acceptors (Lipinski definition) is 2. The Labute approximate surface area is 133 Å². The smallest absolute Gasteiger partial charge is 0.138 e. The van der Waals surface area contributed by atoms with Gasteiger partial charge in [0.05, 0.1) is 17.3 Å². The average molecular weight is 307 g/mol. The van der Waals surface area contributed by atoms with E-state index in [4.69, 9.17) is 5.26 Å². The molecule has 0 fully saturated rings. The van der Waals surface area contributed by atoms with Crippen molar-refractivity contribution in [1.82, 2.24) is 9.78 Å². The molecule has 22 heavy (non-hydrogen) atoms. The van der Waals surface area contributed by atoms with Gasteiger partial charge in [-0.05, 0) is 37.1 Å². The van der Waals surface area contributed by atoms with E-state index in [1.165, 1.54) is 0 Å². The van der Waals surface area contributed by atoms with Crippen LogP contribution < -0.4 is 0 Å². The lowest BCUT2D eigenvalue weighted by Crippen LogP contribution is -2.16. The van der Waals surface area contributed by atoms with Gasteiger partial charge in [-0.3, -0.25) is 0 Å². The van der Waals surface area contributed by atoms with E-state index in [-0.39, 0.29) is 0 Å². The first kappa shape index (κ1) is 16.1. The minimum Gasteiger partial charge on any atom is -0.239 e. The molecule has 2 rings (SSSR count). The van der Waals surface area contributed by atoms with Crippen LogP contribution in [0, 0.1) is 29.7 Å². The highest BCUT2D eigenvalue weighted by molar-refractivity contribution is 6.83. The van der Waals surface area contributed by atoms with Gasteiger partial charge in [0.1, 0.15) is 13.8 Å². The van der Waals surface area contributed by atoms with Crippen LogP contribution in [0.5, 0.6) is 0 Å². The molecular weight excluding hydrogens is 286 g/mol. The van der Waals surface area contributed by atoms with Gasteiger partial charge in [-0.25, -0.2) is 4.68 Å². The Kier molecular flexibility index (Phi) is 4.54. The third-order valence-corrected chi connectivity index (χ3v) is 4.11. The molecule has 1 aromatic heterocycles. The van der Waals surface area contributed by atoms with E-state index < -0.39 is 8.07 Å². The summed E-state index contributed by atoms with van der Waals surface area (Å²) < 4.78 is 1.82. The molecule has 0 bridgehead atoms. The van der Waals surface area contributed by atoms with Crippen molar-refractivity contribution in [3.05, 3.63) is 46.8 Å². The first-order chi connectivity index (χ1) is 10.3. The zero-order valence-electron chi connectivity index (χ0n) is 13.9. The van der Waals surface area contributed by atoms with Gasteiger partial charge in [-0.15, -0.1) is 5.54 Å². The molecule has 0 aliphatic heterocycles. The molecule has 0 spiro atoms. The molecule has 0 unspecified atom stereocenters. The third kappa shape index (κ3) is 3.87. The third-order valence-electron chi connectivity index (χ3n) is 3.23. The van der Waals surface area contributed by atoms with E-state index in [1.54, 1.807) is 0 Å². The van der Waals surface area contributed by atoms with Gasteiger partial charge in [-0.1, -0.05) is 32.5 Å². The minimum atomic E-state index is -1.42. The van der Waals surface area contributed by atoms with Gasteiger partial charge in [0.15, 0.2) is 0 Å². The Hall–Kier alpha value is -2.30. The maximum absolute atomic E-state index is 9.17. The number of nitrogens with zero attached hydrogens (tertiary/aromatic N) is 3. The molecule has 0 amide bonds. The summed E-state index contributed by atoms with van der Waals surface area (Å²) in [6, 6.07) is 8.07. The van der Waals surface area contributed by atoms with Gasteiger partial charge in [-0.2, -0.15) is 10.4 Å². The summed E-state index contributed by atoms with van der Waals surface area (Å²) in [5, 5.41) is 13.8. The number of aromatic nitrogens is 2. The maximum atomic E-state index is 9.17. The summed E-state index contributed by atoms with van der Waals surface area (Å²) in [5.74, 6) is 3.22. The van der Waals surface area contributed by atoms with Crippen molar-refractivity contribution in [3.8, 4) is 23.2 Å². The number of hydrogen-bond donors (Lipinski definition) is 0. The van der Waals surface area contributed by atoms with Crippen LogP contribution in [0.25, 0.3) is 5.69 Å². The molecule has 0 N–H and O–H groups in total. The summed E-state index contributed by atoms with van der Waals surface area (Å²) in [4.78, 5) is 0. The lowest BCUT2D eigenvalue weighted by atomic mass is 10.1. The Balaban J connectivity index is 2.47. The molecule has 0 saturated heterocycles. The number of rotatable bonds is 2. The highest BCUT2D eigenvalue weighted by atomic mass is 28.3. The molecule has 0 aliphatic carbocycles. The quantitative estimate of drug-likeness (QED) is 0.625. The number of aryl methyl sites for hydroxylation is 2. The first-order valence-electron chi connectivity index (χ1n) is 7.46. The maximum Gasteiger partial charge on any atom is 0.138 e. The Morgan fingerprint density at radius 2 is 1.95 bits per heavy atom. The van der Waals surface area contributed by atoms with E-state index in [9.17, 15) is 0 Å². The predicted molar refractivity (Wildman–Crippen MR) is 92.6 cm³/mol. The van der Waals surface area contributed by atoms with Gasteiger partial charge in [0.25, 0.3) is 0 Å². The van der Waals surface area contributed by atoms with Crippen LogP contribution >= 0.6 is 0 Å². The molecule has 4 heteroatoms. The summed E-state index contributed by atoms with van der Waals surface area (Å²) in [7, 11) is -1.42. The van der Waals surface area contributed by atoms with Crippen LogP contribution in [0.2, 0.25) is 19.6 Å². The lowest BCUT2D eigenvalue weighted by Gasteiger charge is -2.05. The van der Waals surface area contributed by atoms with Crippen molar-refractivity contribution in [1.29, 1.82) is 5.26 Å². The molecule has 112 valence electrons. The van der Waals surface area contributed by atoms with Crippen molar-refractivity contribution < 1.29 is 0 Å². The lowest BCUT2D eigenvalue weighted by molar-refractivity contribution is 0.870. The summed E-state index contributed by atoms with van der Waals surface area (Å²) in [6.45, 7) is 10.8. The topological polar surface area (TPSA) is 41.6 Å². The molecule has 0 saturated carbocycles. The van der Waals surface area contributed by atoms with Crippen molar-refractivity contribution in [2.24, 2.45) is 0 Å². The SMILES string of the molecule is CCc1cc(C#N)cc(-n2cc(C)c(C#C[Si](C)(C)C)n2)c1. The van der Waals surface area contributed by atoms with Crippen LogP contribution in [0.1, 0.15) is 29.3 Å². The van der Waals surface area contributed by atoms with Crippen LogP contribution in [0.15, 0.2) is 24.4 Å². The Morgan fingerprint density at radius 3 is 2.55 bits per heavy atom. The fraction of sp³-hybridized carbons (Fsp3) is 0.333. The zero-order chi connectivity index (χ0) is 16.3. The van der Waals surface area contributed by atoms with Crippen molar-refractivity contribution >= 4 is 8.07 Å². The molecule has 1 heterocycles. The fourth-order valence-corrected chi connectivity index (χ4v) is 2.53. The van der Waals surface area contributed by atoms with E-state index in [0.717, 1.165) is 28.9 Å². The van der Waals surface area contributed by atoms with Crippen LogP contribution in [0.3, 0.4) is 0 Å². The Bertz CT molecular complexity index is 792. The van der Waals surface area contributed by atoms with E-state index >= 15 is 0 Å². The summed E-state index contributed by atoms with van der Waals surface area (Å²) in [5.41, 5.74) is 7.95. The standard InChI is InChI=1S/C18H21N3Si/c1-6-15-9-16(12-19)11-17(10-15)21-13-14(2)18(20-21)7-8-22(3,4)5/h9-11,13H,6H2,1-5H3. The van der Waals surface area contributed by atoms with Gasteiger partial charge < -0.3 is 0 Å². The van der Waals surface area contributed by atoms with E-state index in [0.29, 0.717) is 5.56 Å². The molecule has 0 radical (unpaired) electrons. The monoisotopic (exact) mass is 307 g/mol. The second kappa shape index (κ2) is 6.21. The fourth-order valence-electron chi connectivity index (χ4n) is 2.04. The van der Waals surface area contributed by atoms with Gasteiger partial charge in [0.2, 0.25) is 0 Å². The highest BCUT2D eigenvalue weighted by Gasteiger charge is 2.10. The zero-order valence-corrected chi connectivity index (χ0v) is 14.9. The molecule has 0 aliphatic rings. The molecule has 3 nitrogen and oxygen atoms in total. The van der Waals surface area contributed by atoms with Crippen LogP contribution in [-0.2, 0) is 6.42 Å². The molecule has 1 aromatic carbocycles. The number of benzene rings is 1. The van der Waals surface area contributed by atoms with Crippen molar-refractivity contribution in [2.45, 2.75) is 39.9 Å². The second-order valence-electron chi connectivity index (χ2n) is 6.46. The normalized spacial score (nSPS) is 10.7. The second-order valence-corrected chi connectivity index (χ2v) is 11.2.